The summed E-state index contributed by atoms with van der Waals surface area (Å²) in [4.78, 5) is 11.8. The number of rotatable bonds is 5. The summed E-state index contributed by atoms with van der Waals surface area (Å²) in [5.74, 6) is -0.609. The zero-order chi connectivity index (χ0) is 14.3. The maximum atomic E-state index is 12.3. The van der Waals surface area contributed by atoms with Gasteiger partial charge >= 0.3 is 12.1 Å². The van der Waals surface area contributed by atoms with Gasteiger partial charge in [0.15, 0.2) is 0 Å². The zero-order valence-electron chi connectivity index (χ0n) is 11.3. The predicted octanol–water partition coefficient (Wildman–Crippen LogP) is 3.04. The van der Waals surface area contributed by atoms with Crippen molar-refractivity contribution in [2.75, 3.05) is 13.2 Å². The molecule has 0 spiro atoms. The molecular weight excluding hydrogens is 259 g/mol. The lowest BCUT2D eigenvalue weighted by atomic mass is 9.91. The van der Waals surface area contributed by atoms with Crippen LogP contribution >= 0.6 is 0 Å². The number of halogens is 3. The van der Waals surface area contributed by atoms with E-state index in [-0.39, 0.29) is 12.5 Å². The molecule has 0 amide bonds. The standard InChI is InChI=1S/C13H22F3NO2/c1-2-19-12(18)11(17-9-13(14,15)16)10-7-5-3-4-6-8-10/h10-11,17H,2-9H2,1H3. The van der Waals surface area contributed by atoms with Gasteiger partial charge < -0.3 is 4.74 Å². The van der Waals surface area contributed by atoms with E-state index in [4.69, 9.17) is 4.74 Å². The van der Waals surface area contributed by atoms with Crippen LogP contribution in [0.2, 0.25) is 0 Å². The minimum absolute atomic E-state index is 0.0519. The van der Waals surface area contributed by atoms with Crippen molar-refractivity contribution < 1.29 is 22.7 Å². The number of carbonyl (C=O) groups excluding carboxylic acids is 1. The molecule has 0 heterocycles. The SMILES string of the molecule is CCOC(=O)C(NCC(F)(F)F)C1CCCCCC1. The molecule has 1 saturated carbocycles. The number of carbonyl (C=O) groups is 1. The van der Waals surface area contributed by atoms with Gasteiger partial charge in [-0.25, -0.2) is 0 Å². The first-order chi connectivity index (χ1) is 8.94. The lowest BCUT2D eigenvalue weighted by molar-refractivity contribution is -0.151. The molecule has 0 aromatic carbocycles. The molecule has 3 nitrogen and oxygen atoms in total. The highest BCUT2D eigenvalue weighted by Crippen LogP contribution is 2.27. The van der Waals surface area contributed by atoms with Crippen LogP contribution in [0, 0.1) is 5.92 Å². The molecule has 1 N–H and O–H groups in total. The topological polar surface area (TPSA) is 38.3 Å². The Hall–Kier alpha value is -0.780. The van der Waals surface area contributed by atoms with Gasteiger partial charge in [-0.3, -0.25) is 10.1 Å². The van der Waals surface area contributed by atoms with Crippen LogP contribution in [0.1, 0.15) is 45.4 Å². The Morgan fingerprint density at radius 2 is 1.84 bits per heavy atom. The normalized spacial score (nSPS) is 19.8. The Labute approximate surface area is 111 Å². The van der Waals surface area contributed by atoms with E-state index in [0.717, 1.165) is 38.5 Å². The summed E-state index contributed by atoms with van der Waals surface area (Å²) in [6.07, 6.45) is 1.37. The van der Waals surface area contributed by atoms with Crippen molar-refractivity contribution in [3.63, 3.8) is 0 Å². The largest absolute Gasteiger partial charge is 0.465 e. The van der Waals surface area contributed by atoms with E-state index in [1.165, 1.54) is 0 Å². The highest BCUT2D eigenvalue weighted by Gasteiger charge is 2.34. The molecule has 0 aromatic rings. The van der Waals surface area contributed by atoms with E-state index in [2.05, 4.69) is 5.32 Å². The van der Waals surface area contributed by atoms with Crippen LogP contribution in [0.25, 0.3) is 0 Å². The first-order valence-corrected chi connectivity index (χ1v) is 6.91. The third-order valence-corrected chi connectivity index (χ3v) is 3.43. The second-order valence-corrected chi connectivity index (χ2v) is 4.98. The van der Waals surface area contributed by atoms with E-state index >= 15 is 0 Å². The first-order valence-electron chi connectivity index (χ1n) is 6.91. The fourth-order valence-corrected chi connectivity index (χ4v) is 2.54. The molecule has 6 heteroatoms. The Morgan fingerprint density at radius 1 is 1.26 bits per heavy atom. The second kappa shape index (κ2) is 7.72. The van der Waals surface area contributed by atoms with Crippen molar-refractivity contribution in [1.82, 2.24) is 5.32 Å². The highest BCUT2D eigenvalue weighted by molar-refractivity contribution is 5.76. The predicted molar refractivity (Wildman–Crippen MR) is 65.7 cm³/mol. The number of alkyl halides is 3. The molecule has 1 unspecified atom stereocenters. The van der Waals surface area contributed by atoms with Gasteiger partial charge in [-0.05, 0) is 25.7 Å². The maximum absolute atomic E-state index is 12.3. The molecule has 0 saturated heterocycles. The van der Waals surface area contributed by atoms with Gasteiger partial charge in [-0.1, -0.05) is 25.7 Å². The molecule has 19 heavy (non-hydrogen) atoms. The second-order valence-electron chi connectivity index (χ2n) is 4.98. The Kier molecular flexibility index (Phi) is 6.62. The highest BCUT2D eigenvalue weighted by atomic mass is 19.4. The Morgan fingerprint density at radius 3 is 2.32 bits per heavy atom. The molecule has 0 aromatic heterocycles. The molecule has 1 aliphatic carbocycles. The molecule has 0 radical (unpaired) electrons. The number of hydrogen-bond donors (Lipinski definition) is 1. The van der Waals surface area contributed by atoms with Crippen LogP contribution in [0.4, 0.5) is 13.2 Å². The van der Waals surface area contributed by atoms with Crippen LogP contribution in [-0.4, -0.2) is 31.3 Å². The van der Waals surface area contributed by atoms with Gasteiger partial charge in [0, 0.05) is 0 Å². The van der Waals surface area contributed by atoms with Gasteiger partial charge in [0.05, 0.1) is 13.2 Å². The Bertz CT molecular complexity index is 274. The Balaban J connectivity index is 2.63. The van der Waals surface area contributed by atoms with Crippen LogP contribution in [0.3, 0.4) is 0 Å². The molecule has 1 rings (SSSR count). The number of ether oxygens (including phenoxy) is 1. The summed E-state index contributed by atoms with van der Waals surface area (Å²) < 4.78 is 41.8. The number of esters is 1. The third kappa shape index (κ3) is 6.27. The molecule has 0 bridgehead atoms. The van der Waals surface area contributed by atoms with Gasteiger partial charge in [0.2, 0.25) is 0 Å². The van der Waals surface area contributed by atoms with E-state index < -0.39 is 24.7 Å². The van der Waals surface area contributed by atoms with Crippen molar-refractivity contribution in [2.45, 2.75) is 57.7 Å². The first kappa shape index (κ1) is 16.3. The summed E-state index contributed by atoms with van der Waals surface area (Å²) >= 11 is 0. The summed E-state index contributed by atoms with van der Waals surface area (Å²) in [6.45, 7) is 0.703. The zero-order valence-corrected chi connectivity index (χ0v) is 11.3. The van der Waals surface area contributed by atoms with Crippen molar-refractivity contribution in [1.29, 1.82) is 0 Å². The lowest BCUT2D eigenvalue weighted by Gasteiger charge is -2.26. The summed E-state index contributed by atoms with van der Waals surface area (Å²) in [5, 5.41) is 2.34. The number of nitrogens with one attached hydrogen (secondary N) is 1. The number of hydrogen-bond acceptors (Lipinski definition) is 3. The summed E-state index contributed by atoms with van der Waals surface area (Å²) in [5.41, 5.74) is 0. The van der Waals surface area contributed by atoms with E-state index in [1.807, 2.05) is 0 Å². The molecule has 1 fully saturated rings. The molecule has 1 aliphatic rings. The average Bonchev–Trinajstić information content (AvgIpc) is 2.57. The van der Waals surface area contributed by atoms with Crippen LogP contribution < -0.4 is 5.32 Å². The molecule has 0 aliphatic heterocycles. The van der Waals surface area contributed by atoms with Crippen LogP contribution in [0.5, 0.6) is 0 Å². The lowest BCUT2D eigenvalue weighted by Crippen LogP contribution is -2.47. The molecule has 112 valence electrons. The smallest absolute Gasteiger partial charge is 0.401 e. The van der Waals surface area contributed by atoms with Gasteiger partial charge in [0.25, 0.3) is 0 Å². The van der Waals surface area contributed by atoms with E-state index in [0.29, 0.717) is 0 Å². The summed E-state index contributed by atoms with van der Waals surface area (Å²) in [6, 6.07) is -0.834. The minimum Gasteiger partial charge on any atom is -0.465 e. The van der Waals surface area contributed by atoms with Crippen molar-refractivity contribution in [3.05, 3.63) is 0 Å². The van der Waals surface area contributed by atoms with Crippen LogP contribution in [0.15, 0.2) is 0 Å². The molecular formula is C13H22F3NO2. The molecule has 1 atom stereocenters. The van der Waals surface area contributed by atoms with Gasteiger partial charge in [0.1, 0.15) is 6.04 Å². The van der Waals surface area contributed by atoms with Gasteiger partial charge in [-0.15, -0.1) is 0 Å². The maximum Gasteiger partial charge on any atom is 0.401 e. The monoisotopic (exact) mass is 281 g/mol. The minimum atomic E-state index is -4.31. The quantitative estimate of drug-likeness (QED) is 0.622. The van der Waals surface area contributed by atoms with Crippen molar-refractivity contribution >= 4 is 5.97 Å². The van der Waals surface area contributed by atoms with Crippen molar-refractivity contribution in [3.8, 4) is 0 Å². The summed E-state index contributed by atoms with van der Waals surface area (Å²) in [7, 11) is 0. The van der Waals surface area contributed by atoms with Gasteiger partial charge in [-0.2, -0.15) is 13.2 Å². The average molecular weight is 281 g/mol. The fraction of sp³-hybridized carbons (Fsp3) is 0.923. The third-order valence-electron chi connectivity index (χ3n) is 3.43. The fourth-order valence-electron chi connectivity index (χ4n) is 2.54. The van der Waals surface area contributed by atoms with Crippen molar-refractivity contribution in [2.24, 2.45) is 5.92 Å². The van der Waals surface area contributed by atoms with E-state index in [1.54, 1.807) is 6.92 Å². The van der Waals surface area contributed by atoms with Crippen LogP contribution in [-0.2, 0) is 9.53 Å². The van der Waals surface area contributed by atoms with E-state index in [9.17, 15) is 18.0 Å².